The maximum Gasteiger partial charge on any atom is 0.138 e. The summed E-state index contributed by atoms with van der Waals surface area (Å²) >= 11 is 0. The molecule has 0 fully saturated rings. The van der Waals surface area contributed by atoms with Crippen molar-refractivity contribution in [1.82, 2.24) is 0 Å². The molecule has 2 atom stereocenters. The molecule has 0 N–H and O–H groups in total. The Morgan fingerprint density at radius 3 is 2.69 bits per heavy atom. The predicted octanol–water partition coefficient (Wildman–Crippen LogP) is 3.08. The number of hydrogen-bond donors (Lipinski definition) is 0. The zero-order valence-corrected chi connectivity index (χ0v) is 9.94. The van der Waals surface area contributed by atoms with Gasteiger partial charge < -0.3 is 4.90 Å². The summed E-state index contributed by atoms with van der Waals surface area (Å²) in [6, 6.07) is 10.5. The number of nitrogens with zero attached hydrogens (tertiary/aromatic N) is 2. The molecule has 1 heterocycles. The maximum absolute atomic E-state index is 9.24. The van der Waals surface area contributed by atoms with Gasteiger partial charge in [0, 0.05) is 18.7 Å². The van der Waals surface area contributed by atoms with E-state index in [1.165, 1.54) is 5.56 Å². The highest BCUT2D eigenvalue weighted by Crippen LogP contribution is 2.34. The third-order valence-corrected chi connectivity index (χ3v) is 3.26. The molecule has 0 unspecified atom stereocenters. The van der Waals surface area contributed by atoms with Crippen LogP contribution in [-0.4, -0.2) is 13.1 Å². The molecule has 2 nitrogen and oxygen atoms in total. The Labute approximate surface area is 96.8 Å². The number of hydrogen-bond acceptors (Lipinski definition) is 2. The van der Waals surface area contributed by atoms with Gasteiger partial charge in [-0.15, -0.1) is 0 Å². The zero-order valence-electron chi connectivity index (χ0n) is 9.94. The van der Waals surface area contributed by atoms with E-state index < -0.39 is 0 Å². The van der Waals surface area contributed by atoms with Gasteiger partial charge in [0.05, 0.1) is 6.07 Å². The van der Waals surface area contributed by atoms with Crippen molar-refractivity contribution in [3.05, 3.63) is 41.5 Å². The molecule has 1 aromatic carbocycles. The predicted molar refractivity (Wildman–Crippen MR) is 66.4 cm³/mol. The fraction of sp³-hybridized carbons (Fsp3) is 0.357. The molecule has 0 radical (unpaired) electrons. The van der Waals surface area contributed by atoms with Crippen molar-refractivity contribution in [3.8, 4) is 6.07 Å². The van der Waals surface area contributed by atoms with Gasteiger partial charge in [0.1, 0.15) is 6.04 Å². The molecule has 16 heavy (non-hydrogen) atoms. The van der Waals surface area contributed by atoms with Crippen LogP contribution in [0.3, 0.4) is 0 Å². The molecule has 0 spiro atoms. The minimum Gasteiger partial charge on any atom is -0.355 e. The quantitative estimate of drug-likeness (QED) is 0.618. The summed E-state index contributed by atoms with van der Waals surface area (Å²) in [5.41, 5.74) is 3.59. The number of anilines is 1. The van der Waals surface area contributed by atoms with Crippen molar-refractivity contribution in [2.24, 2.45) is 0 Å². The smallest absolute Gasteiger partial charge is 0.138 e. The van der Waals surface area contributed by atoms with Crippen LogP contribution in [0.25, 0.3) is 0 Å². The van der Waals surface area contributed by atoms with Crippen LogP contribution in [0.4, 0.5) is 5.69 Å². The lowest BCUT2D eigenvalue weighted by Crippen LogP contribution is -2.30. The van der Waals surface area contributed by atoms with Gasteiger partial charge in [0.2, 0.25) is 0 Å². The van der Waals surface area contributed by atoms with Crippen LogP contribution in [0, 0.1) is 11.3 Å². The molecular formula is C14H16N2. The minimum absolute atomic E-state index is 0.147. The molecule has 1 aliphatic rings. The molecule has 1 aliphatic heterocycles. The number of fused-ring (bicyclic) bond motifs is 1. The molecular weight excluding hydrogens is 196 g/mol. The second kappa shape index (κ2) is 4.02. The third kappa shape index (κ3) is 1.59. The molecule has 0 saturated heterocycles. The molecule has 0 aliphatic carbocycles. The summed E-state index contributed by atoms with van der Waals surface area (Å²) in [6.45, 7) is 4.21. The van der Waals surface area contributed by atoms with Gasteiger partial charge in [0.25, 0.3) is 0 Å². The summed E-state index contributed by atoms with van der Waals surface area (Å²) in [5.74, 6) is 0.372. The molecule has 0 aromatic heterocycles. The van der Waals surface area contributed by atoms with Crippen LogP contribution in [-0.2, 0) is 0 Å². The fourth-order valence-corrected chi connectivity index (χ4v) is 2.40. The molecule has 0 saturated carbocycles. The van der Waals surface area contributed by atoms with E-state index in [2.05, 4.69) is 42.2 Å². The van der Waals surface area contributed by atoms with Gasteiger partial charge in [-0.1, -0.05) is 31.2 Å². The summed E-state index contributed by atoms with van der Waals surface area (Å²) in [4.78, 5) is 2.06. The number of nitriles is 1. The number of para-hydroxylation sites is 1. The van der Waals surface area contributed by atoms with Crippen LogP contribution in [0.5, 0.6) is 0 Å². The molecule has 2 rings (SSSR count). The monoisotopic (exact) mass is 212 g/mol. The van der Waals surface area contributed by atoms with E-state index in [9.17, 15) is 5.26 Å². The van der Waals surface area contributed by atoms with Crippen molar-refractivity contribution < 1.29 is 0 Å². The van der Waals surface area contributed by atoms with Gasteiger partial charge in [-0.2, -0.15) is 5.26 Å². The van der Waals surface area contributed by atoms with Crippen molar-refractivity contribution in [2.75, 3.05) is 11.9 Å². The standard InChI is InChI=1S/C14H16N2/c1-10-8-11(2)14(9-15)16(3)13-7-5-4-6-12(10)13/h4-8,10,14H,1-3H3/t10-,14-/m1/s1. The van der Waals surface area contributed by atoms with E-state index in [-0.39, 0.29) is 6.04 Å². The first-order valence-electron chi connectivity index (χ1n) is 5.55. The van der Waals surface area contributed by atoms with E-state index >= 15 is 0 Å². The van der Waals surface area contributed by atoms with E-state index in [1.807, 2.05) is 20.0 Å². The van der Waals surface area contributed by atoms with Gasteiger partial charge in [0.15, 0.2) is 0 Å². The second-order valence-corrected chi connectivity index (χ2v) is 4.40. The highest BCUT2D eigenvalue weighted by molar-refractivity contribution is 5.60. The van der Waals surface area contributed by atoms with Gasteiger partial charge in [-0.05, 0) is 24.1 Å². The normalized spacial score (nSPS) is 24.1. The summed E-state index contributed by atoms with van der Waals surface area (Å²) in [6.07, 6.45) is 2.19. The SMILES string of the molecule is CC1=C[C@@H](C)c2ccccc2N(C)[C@@H]1C#N. The van der Waals surface area contributed by atoms with Gasteiger partial charge in [-0.3, -0.25) is 0 Å². The van der Waals surface area contributed by atoms with E-state index in [0.717, 1.165) is 11.3 Å². The Morgan fingerprint density at radius 1 is 1.31 bits per heavy atom. The van der Waals surface area contributed by atoms with Crippen LogP contribution in [0.15, 0.2) is 35.9 Å². The number of likely N-dealkylation sites (N-methyl/N-ethyl adjacent to an activating group) is 1. The molecule has 0 amide bonds. The Hall–Kier alpha value is -1.75. The molecule has 0 bridgehead atoms. The average molecular weight is 212 g/mol. The van der Waals surface area contributed by atoms with Crippen molar-refractivity contribution >= 4 is 5.69 Å². The largest absolute Gasteiger partial charge is 0.355 e. The van der Waals surface area contributed by atoms with E-state index in [1.54, 1.807) is 0 Å². The summed E-state index contributed by atoms with van der Waals surface area (Å²) < 4.78 is 0. The Morgan fingerprint density at radius 2 is 2.00 bits per heavy atom. The lowest BCUT2D eigenvalue weighted by Gasteiger charge is -2.25. The van der Waals surface area contributed by atoms with Crippen LogP contribution in [0.1, 0.15) is 25.3 Å². The van der Waals surface area contributed by atoms with E-state index in [0.29, 0.717) is 5.92 Å². The van der Waals surface area contributed by atoms with Crippen molar-refractivity contribution in [3.63, 3.8) is 0 Å². The maximum atomic E-state index is 9.24. The molecule has 2 heteroatoms. The first-order valence-corrected chi connectivity index (χ1v) is 5.55. The van der Waals surface area contributed by atoms with Crippen molar-refractivity contribution in [2.45, 2.75) is 25.8 Å². The third-order valence-electron chi connectivity index (χ3n) is 3.26. The first-order chi connectivity index (χ1) is 7.65. The Bertz CT molecular complexity index is 468. The fourth-order valence-electron chi connectivity index (χ4n) is 2.40. The second-order valence-electron chi connectivity index (χ2n) is 4.40. The average Bonchev–Trinajstić information content (AvgIpc) is 2.37. The molecule has 1 aromatic rings. The Balaban J connectivity index is 2.59. The van der Waals surface area contributed by atoms with Crippen LogP contribution in [0.2, 0.25) is 0 Å². The van der Waals surface area contributed by atoms with Crippen LogP contribution < -0.4 is 4.90 Å². The van der Waals surface area contributed by atoms with E-state index in [4.69, 9.17) is 0 Å². The van der Waals surface area contributed by atoms with Crippen molar-refractivity contribution in [1.29, 1.82) is 5.26 Å². The van der Waals surface area contributed by atoms with Gasteiger partial charge >= 0.3 is 0 Å². The zero-order chi connectivity index (χ0) is 11.7. The number of allylic oxidation sites excluding steroid dienone is 1. The lowest BCUT2D eigenvalue weighted by molar-refractivity contribution is 0.861. The first kappa shape index (κ1) is 10.8. The Kier molecular flexibility index (Phi) is 2.70. The van der Waals surface area contributed by atoms with Gasteiger partial charge in [-0.25, -0.2) is 0 Å². The number of rotatable bonds is 0. The highest BCUT2D eigenvalue weighted by atomic mass is 15.1. The molecule has 82 valence electrons. The number of benzene rings is 1. The lowest BCUT2D eigenvalue weighted by atomic mass is 9.98. The van der Waals surface area contributed by atoms with Crippen LogP contribution >= 0.6 is 0 Å². The summed E-state index contributed by atoms with van der Waals surface area (Å²) in [7, 11) is 1.99. The minimum atomic E-state index is -0.147. The topological polar surface area (TPSA) is 27.0 Å². The highest BCUT2D eigenvalue weighted by Gasteiger charge is 2.24. The summed E-state index contributed by atoms with van der Waals surface area (Å²) in [5, 5.41) is 9.24.